The molecule has 2 aliphatic heterocycles. The Morgan fingerprint density at radius 3 is 2.53 bits per heavy atom. The number of nitrogens with one attached hydrogen (secondary N) is 1. The molecule has 5 saturated carbocycles. The van der Waals surface area contributed by atoms with Crippen LogP contribution in [0.25, 0.3) is 0 Å². The lowest BCUT2D eigenvalue weighted by Crippen LogP contribution is -2.60. The molecule has 0 radical (unpaired) electrons. The number of carbonyl (C=O) groups excluding carboxylic acids is 3. The molecule has 1 spiro atoms. The van der Waals surface area contributed by atoms with Gasteiger partial charge in [-0.15, -0.1) is 0 Å². The molecule has 7 heteroatoms. The van der Waals surface area contributed by atoms with Crippen LogP contribution in [0.1, 0.15) is 90.9 Å². The zero-order valence-electron chi connectivity index (χ0n) is 23.3. The zero-order chi connectivity index (χ0) is 26.4. The van der Waals surface area contributed by atoms with E-state index in [1.165, 1.54) is 19.3 Å². The first-order valence-corrected chi connectivity index (χ1v) is 15.6. The van der Waals surface area contributed by atoms with Crippen molar-refractivity contribution >= 4 is 17.8 Å². The van der Waals surface area contributed by atoms with Crippen molar-refractivity contribution in [3.63, 3.8) is 0 Å². The van der Waals surface area contributed by atoms with Crippen molar-refractivity contribution in [2.24, 2.45) is 51.8 Å². The summed E-state index contributed by atoms with van der Waals surface area (Å²) in [5, 5.41) is 14.8. The summed E-state index contributed by atoms with van der Waals surface area (Å²) in [6, 6.07) is 0. The fourth-order valence-electron chi connectivity index (χ4n) is 11.3. The fourth-order valence-corrected chi connectivity index (χ4v) is 11.3. The van der Waals surface area contributed by atoms with Gasteiger partial charge in [0.25, 0.3) is 0 Å². The fraction of sp³-hybridized carbons (Fsp3) is 0.903. The van der Waals surface area contributed by atoms with E-state index < -0.39 is 18.3 Å². The van der Waals surface area contributed by atoms with E-state index in [9.17, 15) is 19.5 Å². The smallest absolute Gasteiger partial charge is 0.414 e. The maximum absolute atomic E-state index is 13.6. The van der Waals surface area contributed by atoms with E-state index in [1.54, 1.807) is 0 Å². The van der Waals surface area contributed by atoms with Gasteiger partial charge in [-0.3, -0.25) is 14.9 Å². The minimum Gasteiger partial charge on any atom is -0.445 e. The monoisotopic (exact) mass is 526 g/mol. The second-order valence-electron chi connectivity index (χ2n) is 14.8. The highest BCUT2D eigenvalue weighted by Gasteiger charge is 2.77. The summed E-state index contributed by atoms with van der Waals surface area (Å²) in [7, 11) is 0. The highest BCUT2D eigenvalue weighted by atomic mass is 16.6. The molecule has 2 amide bonds. The molecule has 7 fully saturated rings. The van der Waals surface area contributed by atoms with Gasteiger partial charge in [0, 0.05) is 36.3 Å². The maximum atomic E-state index is 13.6. The molecule has 0 aromatic carbocycles. The molecular weight excluding hydrogens is 480 g/mol. The number of aliphatic hydroxyl groups excluding tert-OH is 1. The summed E-state index contributed by atoms with van der Waals surface area (Å²) < 4.78 is 6.34. The number of hydrogen-bond acceptors (Lipinski definition) is 6. The lowest BCUT2D eigenvalue weighted by atomic mass is 9.48. The van der Waals surface area contributed by atoms with Crippen LogP contribution in [0.4, 0.5) is 4.79 Å². The lowest BCUT2D eigenvalue weighted by Gasteiger charge is -2.58. The predicted octanol–water partition coefficient (Wildman–Crippen LogP) is 4.31. The standard InChI is InChI=1S/C31H46N2O5/c1-18-26(35)29(2,20-6-4-3-5-7-20)15-24(31-14-21(31)8-11-30(18)12-9-23(34)25(30)31)38-28(37)32-27(36)22-17-33-13-10-19(22)16-33/h18-22,24-26,35H,3-17H2,1-2H3,(H,32,36,37)/t18-,19+,21-,22-,24+,25?,26-,29-,30?,31-/m0/s1. The normalized spacial score (nSPS) is 51.5. The summed E-state index contributed by atoms with van der Waals surface area (Å²) in [5.41, 5.74) is -0.909. The molecule has 38 heavy (non-hydrogen) atoms. The van der Waals surface area contributed by atoms with Gasteiger partial charge in [-0.05, 0) is 87.0 Å². The summed E-state index contributed by atoms with van der Waals surface area (Å²) in [6.07, 6.45) is 10.2. The molecule has 210 valence electrons. The van der Waals surface area contributed by atoms with E-state index in [1.807, 2.05) is 0 Å². The number of alkyl carbamates (subject to hydrolysis) is 1. The number of ketones is 1. The van der Waals surface area contributed by atoms with Crippen LogP contribution < -0.4 is 5.32 Å². The van der Waals surface area contributed by atoms with E-state index in [-0.39, 0.29) is 39.9 Å². The minimum absolute atomic E-state index is 0.0495. The Morgan fingerprint density at radius 1 is 1.03 bits per heavy atom. The number of imide groups is 1. The van der Waals surface area contributed by atoms with Crippen LogP contribution in [-0.4, -0.2) is 59.6 Å². The average Bonchev–Trinajstić information content (AvgIpc) is 3.18. The number of fused-ring (bicyclic) bond motifs is 2. The number of piperidine rings is 1. The van der Waals surface area contributed by atoms with Crippen molar-refractivity contribution < 1.29 is 24.2 Å². The SMILES string of the molecule is C[C@H]1[C@H](O)[C@](C)(C2CCCCC2)C[C@@H](OC(=O)NC(=O)[C@H]2CN3CC[C@@H]2C3)[C@]23C[C@@H]2CCC12CCC(=O)C23. The molecule has 11 atom stereocenters. The molecule has 2 N–H and O–H groups in total. The first-order chi connectivity index (χ1) is 18.2. The van der Waals surface area contributed by atoms with Crippen LogP contribution in [0.3, 0.4) is 0 Å². The third kappa shape index (κ3) is 3.49. The molecule has 7 aliphatic rings. The molecule has 3 unspecified atom stereocenters. The molecule has 5 aliphatic carbocycles. The Morgan fingerprint density at radius 2 is 1.82 bits per heavy atom. The number of ether oxygens (including phenoxy) is 1. The van der Waals surface area contributed by atoms with Gasteiger partial charge in [0.05, 0.1) is 12.0 Å². The Hall–Kier alpha value is -1.47. The second-order valence-corrected chi connectivity index (χ2v) is 14.8. The molecule has 4 bridgehead atoms. The highest BCUT2D eigenvalue weighted by Crippen LogP contribution is 2.77. The van der Waals surface area contributed by atoms with Crippen molar-refractivity contribution in [1.82, 2.24) is 10.2 Å². The quantitative estimate of drug-likeness (QED) is 0.569. The molecule has 7 rings (SSSR count). The zero-order valence-corrected chi connectivity index (χ0v) is 23.3. The van der Waals surface area contributed by atoms with Crippen molar-refractivity contribution in [3.8, 4) is 0 Å². The number of amides is 2. The number of hydrogen-bond donors (Lipinski definition) is 2. The van der Waals surface area contributed by atoms with E-state index >= 15 is 0 Å². The Kier molecular flexibility index (Phi) is 5.88. The van der Waals surface area contributed by atoms with Crippen LogP contribution >= 0.6 is 0 Å². The van der Waals surface area contributed by atoms with Gasteiger partial charge >= 0.3 is 6.09 Å². The number of Topliss-reactive ketones (excluding diaryl/α,β-unsaturated/α-hetero) is 1. The van der Waals surface area contributed by atoms with Crippen molar-refractivity contribution in [3.05, 3.63) is 0 Å². The summed E-state index contributed by atoms with van der Waals surface area (Å²) in [4.78, 5) is 42.4. The summed E-state index contributed by atoms with van der Waals surface area (Å²) >= 11 is 0. The number of aliphatic hydroxyl groups is 1. The topological polar surface area (TPSA) is 95.9 Å². The van der Waals surface area contributed by atoms with Crippen molar-refractivity contribution in [2.45, 2.75) is 103 Å². The first-order valence-electron chi connectivity index (χ1n) is 15.6. The van der Waals surface area contributed by atoms with Gasteiger partial charge in [-0.1, -0.05) is 33.1 Å². The number of nitrogens with zero attached hydrogens (tertiary/aromatic N) is 1. The van der Waals surface area contributed by atoms with Crippen molar-refractivity contribution in [1.29, 1.82) is 0 Å². The van der Waals surface area contributed by atoms with Gasteiger partial charge in [-0.2, -0.15) is 0 Å². The van der Waals surface area contributed by atoms with E-state index in [2.05, 4.69) is 24.1 Å². The predicted molar refractivity (Wildman–Crippen MR) is 141 cm³/mol. The van der Waals surface area contributed by atoms with E-state index in [0.29, 0.717) is 36.4 Å². The van der Waals surface area contributed by atoms with Gasteiger partial charge in [0.15, 0.2) is 0 Å². The van der Waals surface area contributed by atoms with Crippen LogP contribution in [0.5, 0.6) is 0 Å². The second kappa shape index (κ2) is 8.76. The molecular formula is C31H46N2O5. The first kappa shape index (κ1) is 25.5. The van der Waals surface area contributed by atoms with Gasteiger partial charge in [0.1, 0.15) is 11.9 Å². The molecule has 7 nitrogen and oxygen atoms in total. The van der Waals surface area contributed by atoms with Crippen molar-refractivity contribution in [2.75, 3.05) is 19.6 Å². The highest BCUT2D eigenvalue weighted by molar-refractivity contribution is 5.93. The van der Waals surface area contributed by atoms with Gasteiger partial charge in [0.2, 0.25) is 5.91 Å². The van der Waals surface area contributed by atoms with Crippen LogP contribution in [0.15, 0.2) is 0 Å². The van der Waals surface area contributed by atoms with E-state index in [0.717, 1.165) is 64.6 Å². The average molecular weight is 527 g/mol. The Labute approximate surface area is 226 Å². The molecule has 2 heterocycles. The minimum atomic E-state index is -0.645. The molecule has 0 aromatic heterocycles. The van der Waals surface area contributed by atoms with Crippen LogP contribution in [0.2, 0.25) is 0 Å². The maximum Gasteiger partial charge on any atom is 0.414 e. The van der Waals surface area contributed by atoms with Crippen LogP contribution in [0, 0.1) is 51.8 Å². The number of carbonyl (C=O) groups is 3. The van der Waals surface area contributed by atoms with E-state index in [4.69, 9.17) is 4.74 Å². The molecule has 2 saturated heterocycles. The number of rotatable bonds is 3. The third-order valence-electron chi connectivity index (χ3n) is 13.4. The summed E-state index contributed by atoms with van der Waals surface area (Å²) in [6.45, 7) is 7.17. The lowest BCUT2D eigenvalue weighted by molar-refractivity contribution is -0.176. The third-order valence-corrected chi connectivity index (χ3v) is 13.4. The molecule has 0 aromatic rings. The van der Waals surface area contributed by atoms with Gasteiger partial charge < -0.3 is 14.7 Å². The van der Waals surface area contributed by atoms with Gasteiger partial charge in [-0.25, -0.2) is 4.79 Å². The largest absolute Gasteiger partial charge is 0.445 e. The summed E-state index contributed by atoms with van der Waals surface area (Å²) in [5.74, 6) is 0.977. The Balaban J connectivity index is 1.21. The van der Waals surface area contributed by atoms with Crippen LogP contribution in [-0.2, 0) is 14.3 Å². The Bertz CT molecular complexity index is 1030.